The molecule has 162 valence electrons. The summed E-state index contributed by atoms with van der Waals surface area (Å²) in [6.07, 6.45) is 6.77. The van der Waals surface area contributed by atoms with Crippen LogP contribution in [0.1, 0.15) is 49.9 Å². The van der Waals surface area contributed by atoms with Gasteiger partial charge in [-0.15, -0.1) is 0 Å². The molecule has 0 atom stereocenters. The lowest BCUT2D eigenvalue weighted by atomic mass is 10.1. The highest BCUT2D eigenvalue weighted by Gasteiger charge is 2.26. The molecule has 6 heteroatoms. The molecule has 1 heterocycles. The van der Waals surface area contributed by atoms with Crippen molar-refractivity contribution in [2.45, 2.75) is 57.4 Å². The van der Waals surface area contributed by atoms with E-state index in [0.29, 0.717) is 48.6 Å². The molecule has 0 bridgehead atoms. The molecular weight excluding hydrogens is 393 g/mol. The molecule has 1 fully saturated rings. The predicted molar refractivity (Wildman–Crippen MR) is 119 cm³/mol. The van der Waals surface area contributed by atoms with Crippen LogP contribution in [0.2, 0.25) is 0 Å². The second kappa shape index (κ2) is 9.86. The molecule has 1 amide bonds. The number of carbonyl (C=O) groups is 1. The van der Waals surface area contributed by atoms with E-state index in [0.717, 1.165) is 37.7 Å². The maximum absolute atomic E-state index is 13.2. The van der Waals surface area contributed by atoms with Gasteiger partial charge in [0.05, 0.1) is 10.9 Å². The fourth-order valence-electron chi connectivity index (χ4n) is 4.43. The average molecular weight is 422 g/mol. The molecular formula is C25H28FN3O2. The van der Waals surface area contributed by atoms with Crippen molar-refractivity contribution in [3.63, 3.8) is 0 Å². The van der Waals surface area contributed by atoms with Crippen molar-refractivity contribution in [1.29, 1.82) is 0 Å². The number of fused-ring (bicyclic) bond motifs is 1. The lowest BCUT2D eigenvalue weighted by Gasteiger charge is -2.29. The van der Waals surface area contributed by atoms with Gasteiger partial charge in [0, 0.05) is 25.4 Å². The monoisotopic (exact) mass is 421 g/mol. The zero-order valence-electron chi connectivity index (χ0n) is 17.6. The molecule has 1 aliphatic rings. The van der Waals surface area contributed by atoms with Crippen LogP contribution in [-0.2, 0) is 17.6 Å². The number of benzene rings is 2. The zero-order valence-corrected chi connectivity index (χ0v) is 17.6. The van der Waals surface area contributed by atoms with Gasteiger partial charge in [-0.2, -0.15) is 0 Å². The number of nitrogens with one attached hydrogen (secondary N) is 1. The minimum atomic E-state index is -0.243. The summed E-state index contributed by atoms with van der Waals surface area (Å²) < 4.78 is 13.2. The van der Waals surface area contributed by atoms with Crippen molar-refractivity contribution in [2.75, 3.05) is 6.54 Å². The van der Waals surface area contributed by atoms with Crippen molar-refractivity contribution in [3.05, 3.63) is 76.1 Å². The molecule has 5 nitrogen and oxygen atoms in total. The van der Waals surface area contributed by atoms with Gasteiger partial charge in [0.25, 0.3) is 5.56 Å². The molecule has 0 unspecified atom stereocenters. The maximum atomic E-state index is 13.2. The smallest absolute Gasteiger partial charge is 0.258 e. The van der Waals surface area contributed by atoms with E-state index in [4.69, 9.17) is 0 Å². The maximum Gasteiger partial charge on any atom is 0.258 e. The first-order valence-electron chi connectivity index (χ1n) is 11.1. The van der Waals surface area contributed by atoms with Crippen LogP contribution in [0.4, 0.5) is 4.39 Å². The molecule has 31 heavy (non-hydrogen) atoms. The second-order valence-electron chi connectivity index (χ2n) is 8.29. The quantitative estimate of drug-likeness (QED) is 0.586. The highest BCUT2D eigenvalue weighted by Crippen LogP contribution is 2.25. The van der Waals surface area contributed by atoms with E-state index < -0.39 is 0 Å². The number of aryl methyl sites for hydroxylation is 1. The molecule has 0 aliphatic heterocycles. The molecule has 1 saturated carbocycles. The lowest BCUT2D eigenvalue weighted by Crippen LogP contribution is -2.40. The Morgan fingerprint density at radius 1 is 1.06 bits per heavy atom. The second-order valence-corrected chi connectivity index (χ2v) is 8.29. The normalized spacial score (nSPS) is 14.2. The van der Waals surface area contributed by atoms with Gasteiger partial charge >= 0.3 is 0 Å². The summed E-state index contributed by atoms with van der Waals surface area (Å²) in [5.41, 5.74) is 1.58. The van der Waals surface area contributed by atoms with E-state index in [9.17, 15) is 14.0 Å². The topological polar surface area (TPSA) is 66.1 Å². The Labute approximate surface area is 181 Å². The van der Waals surface area contributed by atoms with Gasteiger partial charge in [0.1, 0.15) is 11.6 Å². The summed E-state index contributed by atoms with van der Waals surface area (Å²) in [6, 6.07) is 14.1. The van der Waals surface area contributed by atoms with Gasteiger partial charge in [-0.05, 0) is 55.5 Å². The SMILES string of the molecule is O=C(CCCc1nc2ccccc2c(=O)[nH]1)N(CCc1ccc(F)cc1)C1CCCC1. The minimum Gasteiger partial charge on any atom is -0.339 e. The summed E-state index contributed by atoms with van der Waals surface area (Å²) in [4.78, 5) is 34.7. The fourth-order valence-corrected chi connectivity index (χ4v) is 4.43. The van der Waals surface area contributed by atoms with Gasteiger partial charge in [-0.25, -0.2) is 9.37 Å². The third-order valence-electron chi connectivity index (χ3n) is 6.11. The van der Waals surface area contributed by atoms with Gasteiger partial charge in [0.15, 0.2) is 0 Å². The summed E-state index contributed by atoms with van der Waals surface area (Å²) >= 11 is 0. The van der Waals surface area contributed by atoms with E-state index in [-0.39, 0.29) is 17.3 Å². The first-order chi connectivity index (χ1) is 15.1. The Kier molecular flexibility index (Phi) is 6.75. The van der Waals surface area contributed by atoms with Crippen molar-refractivity contribution in [2.24, 2.45) is 0 Å². The predicted octanol–water partition coefficient (Wildman–Crippen LogP) is 4.40. The summed E-state index contributed by atoms with van der Waals surface area (Å²) in [5.74, 6) is 0.528. The molecule has 3 aromatic rings. The standard InChI is InChI=1S/C25H28FN3O2/c26-19-14-12-18(13-15-19)16-17-29(20-6-1-2-7-20)24(30)11-5-10-23-27-22-9-4-3-8-21(22)25(31)28-23/h3-4,8-9,12-15,20H,1-2,5-7,10-11,16-17H2,(H,27,28,31). The Morgan fingerprint density at radius 2 is 1.81 bits per heavy atom. The molecule has 0 spiro atoms. The lowest BCUT2D eigenvalue weighted by molar-refractivity contribution is -0.133. The van der Waals surface area contributed by atoms with Gasteiger partial charge in [0.2, 0.25) is 5.91 Å². The minimum absolute atomic E-state index is 0.140. The number of hydrogen-bond acceptors (Lipinski definition) is 3. The largest absolute Gasteiger partial charge is 0.339 e. The van der Waals surface area contributed by atoms with Crippen LogP contribution in [0.5, 0.6) is 0 Å². The fraction of sp³-hybridized carbons (Fsp3) is 0.400. The zero-order chi connectivity index (χ0) is 21.6. The first-order valence-corrected chi connectivity index (χ1v) is 11.1. The summed E-state index contributed by atoms with van der Waals surface area (Å²) in [5, 5.41) is 0.579. The van der Waals surface area contributed by atoms with Crippen LogP contribution in [-0.4, -0.2) is 33.4 Å². The first kappa shape index (κ1) is 21.2. The molecule has 1 aromatic heterocycles. The number of nitrogens with zero attached hydrogens (tertiary/aromatic N) is 2. The summed E-state index contributed by atoms with van der Waals surface area (Å²) in [6.45, 7) is 0.653. The Balaban J connectivity index is 1.36. The highest BCUT2D eigenvalue weighted by atomic mass is 19.1. The number of para-hydroxylation sites is 1. The van der Waals surface area contributed by atoms with E-state index in [2.05, 4.69) is 9.97 Å². The van der Waals surface area contributed by atoms with E-state index in [1.807, 2.05) is 23.1 Å². The van der Waals surface area contributed by atoms with E-state index in [1.54, 1.807) is 18.2 Å². The highest BCUT2D eigenvalue weighted by molar-refractivity contribution is 5.77. The van der Waals surface area contributed by atoms with Crippen LogP contribution in [0.15, 0.2) is 53.3 Å². The molecule has 0 radical (unpaired) electrons. The Bertz CT molecular complexity index is 1090. The number of amides is 1. The third kappa shape index (κ3) is 5.37. The van der Waals surface area contributed by atoms with Crippen LogP contribution in [0.3, 0.4) is 0 Å². The third-order valence-corrected chi connectivity index (χ3v) is 6.11. The van der Waals surface area contributed by atoms with E-state index >= 15 is 0 Å². The number of aromatic amines is 1. The number of carbonyl (C=O) groups excluding carboxylic acids is 1. The number of aromatic nitrogens is 2. The van der Waals surface area contributed by atoms with Crippen molar-refractivity contribution in [1.82, 2.24) is 14.9 Å². The number of H-pyrrole nitrogens is 1. The summed E-state index contributed by atoms with van der Waals surface area (Å²) in [7, 11) is 0. The molecule has 0 saturated heterocycles. The van der Waals surface area contributed by atoms with Crippen LogP contribution in [0.25, 0.3) is 10.9 Å². The van der Waals surface area contributed by atoms with E-state index in [1.165, 1.54) is 12.1 Å². The number of rotatable bonds is 8. The molecule has 1 N–H and O–H groups in total. The van der Waals surface area contributed by atoms with Crippen LogP contribution < -0.4 is 5.56 Å². The van der Waals surface area contributed by atoms with Crippen LogP contribution in [0, 0.1) is 5.82 Å². The van der Waals surface area contributed by atoms with Gasteiger partial charge in [-0.3, -0.25) is 9.59 Å². The average Bonchev–Trinajstić information content (AvgIpc) is 3.30. The van der Waals surface area contributed by atoms with Gasteiger partial charge in [-0.1, -0.05) is 37.1 Å². The van der Waals surface area contributed by atoms with Crippen LogP contribution >= 0.6 is 0 Å². The number of halogens is 1. The molecule has 2 aromatic carbocycles. The number of hydrogen-bond donors (Lipinski definition) is 1. The van der Waals surface area contributed by atoms with Gasteiger partial charge < -0.3 is 9.88 Å². The molecule has 1 aliphatic carbocycles. The van der Waals surface area contributed by atoms with Crippen molar-refractivity contribution >= 4 is 16.8 Å². The van der Waals surface area contributed by atoms with Crippen molar-refractivity contribution < 1.29 is 9.18 Å². The Hall–Kier alpha value is -3.02. The molecule has 4 rings (SSSR count). The Morgan fingerprint density at radius 3 is 2.58 bits per heavy atom. The van der Waals surface area contributed by atoms with Crippen molar-refractivity contribution in [3.8, 4) is 0 Å².